The number of carboxylic acid groups (broad SMARTS) is 1. The maximum Gasteiger partial charge on any atom is 0.337 e. The van der Waals surface area contributed by atoms with E-state index in [1.165, 1.54) is 24.3 Å². The zero-order chi connectivity index (χ0) is 15.6. The van der Waals surface area contributed by atoms with Crippen molar-refractivity contribution in [3.63, 3.8) is 0 Å². The summed E-state index contributed by atoms with van der Waals surface area (Å²) in [5.74, 6) is -1.20. The van der Waals surface area contributed by atoms with Crippen molar-refractivity contribution < 1.29 is 14.8 Å². The van der Waals surface area contributed by atoms with Crippen LogP contribution in [0.4, 0.5) is 5.69 Å². The van der Waals surface area contributed by atoms with E-state index in [2.05, 4.69) is 0 Å². The highest BCUT2D eigenvalue weighted by Gasteiger charge is 2.17. The molecule has 0 amide bonds. The Balaban J connectivity index is 2.53. The van der Waals surface area contributed by atoms with E-state index in [4.69, 9.17) is 16.7 Å². The average molecular weight is 309 g/mol. The molecular formula is C13H9ClN2O5. The van der Waals surface area contributed by atoms with Gasteiger partial charge in [-0.15, -0.1) is 0 Å². The van der Waals surface area contributed by atoms with Crippen LogP contribution in [0.5, 0.6) is 0 Å². The van der Waals surface area contributed by atoms with E-state index in [0.29, 0.717) is 0 Å². The molecule has 0 bridgehead atoms. The van der Waals surface area contributed by atoms with Crippen molar-refractivity contribution in [1.29, 1.82) is 0 Å². The number of rotatable bonds is 4. The smallest absolute Gasteiger partial charge is 0.337 e. The van der Waals surface area contributed by atoms with Crippen molar-refractivity contribution in [3.05, 3.63) is 73.1 Å². The van der Waals surface area contributed by atoms with E-state index in [1.54, 1.807) is 0 Å². The van der Waals surface area contributed by atoms with Crippen molar-refractivity contribution in [3.8, 4) is 0 Å². The fraction of sp³-hybridized carbons (Fsp3) is 0.0769. The van der Waals surface area contributed by atoms with Crippen LogP contribution < -0.4 is 5.56 Å². The highest BCUT2D eigenvalue weighted by molar-refractivity contribution is 6.31. The number of hydrogen-bond acceptors (Lipinski definition) is 4. The number of aromatic carboxylic acids is 1. The third kappa shape index (κ3) is 3.09. The molecule has 0 atom stereocenters. The predicted octanol–water partition coefficient (Wildman–Crippen LogP) is 2.16. The van der Waals surface area contributed by atoms with E-state index in [1.807, 2.05) is 0 Å². The molecule has 1 N–H and O–H groups in total. The van der Waals surface area contributed by atoms with E-state index in [-0.39, 0.29) is 28.4 Å². The molecule has 108 valence electrons. The van der Waals surface area contributed by atoms with Gasteiger partial charge in [-0.3, -0.25) is 14.9 Å². The minimum atomic E-state index is -1.20. The lowest BCUT2D eigenvalue weighted by Crippen LogP contribution is -2.21. The van der Waals surface area contributed by atoms with Gasteiger partial charge in [0.1, 0.15) is 0 Å². The Morgan fingerprint density at radius 1 is 1.33 bits per heavy atom. The van der Waals surface area contributed by atoms with Crippen molar-refractivity contribution in [1.82, 2.24) is 4.57 Å². The highest BCUT2D eigenvalue weighted by atomic mass is 35.5. The topological polar surface area (TPSA) is 102 Å². The molecule has 0 aliphatic carbocycles. The number of aromatic nitrogens is 1. The number of nitrogens with zero attached hydrogens (tertiary/aromatic N) is 2. The summed E-state index contributed by atoms with van der Waals surface area (Å²) in [7, 11) is 0. The molecule has 1 aromatic carbocycles. The van der Waals surface area contributed by atoms with Gasteiger partial charge in [-0.1, -0.05) is 17.7 Å². The molecule has 0 aliphatic heterocycles. The largest absolute Gasteiger partial charge is 0.478 e. The van der Waals surface area contributed by atoms with Crippen molar-refractivity contribution in [2.24, 2.45) is 0 Å². The number of nitro benzene ring substituents is 1. The lowest BCUT2D eigenvalue weighted by Gasteiger charge is -2.09. The molecule has 0 saturated carbocycles. The molecule has 0 fully saturated rings. The second kappa shape index (κ2) is 5.76. The summed E-state index contributed by atoms with van der Waals surface area (Å²) in [6.07, 6.45) is 1.12. The molecule has 2 rings (SSSR count). The summed E-state index contributed by atoms with van der Waals surface area (Å²) in [4.78, 5) is 33.0. The molecular weight excluding hydrogens is 300 g/mol. The molecule has 7 nitrogen and oxygen atoms in total. The average Bonchev–Trinajstić information content (AvgIpc) is 2.42. The number of pyridine rings is 1. The van der Waals surface area contributed by atoms with E-state index >= 15 is 0 Å². The molecule has 0 saturated heterocycles. The van der Waals surface area contributed by atoms with Crippen LogP contribution in [0.2, 0.25) is 5.02 Å². The first-order valence-electron chi connectivity index (χ1n) is 5.75. The second-order valence-corrected chi connectivity index (χ2v) is 4.59. The fourth-order valence-electron chi connectivity index (χ4n) is 1.83. The van der Waals surface area contributed by atoms with Gasteiger partial charge in [0, 0.05) is 18.3 Å². The second-order valence-electron chi connectivity index (χ2n) is 4.18. The Labute approximate surface area is 123 Å². The molecule has 0 radical (unpaired) electrons. The molecule has 0 aliphatic rings. The molecule has 0 unspecified atom stereocenters. The molecule has 2 aromatic rings. The fourth-order valence-corrected chi connectivity index (χ4v) is 2.06. The zero-order valence-electron chi connectivity index (χ0n) is 10.5. The number of nitro groups is 1. The summed E-state index contributed by atoms with van der Waals surface area (Å²) >= 11 is 5.94. The molecule has 21 heavy (non-hydrogen) atoms. The van der Waals surface area contributed by atoms with Gasteiger partial charge in [-0.2, -0.15) is 0 Å². The molecule has 0 spiro atoms. The minimum absolute atomic E-state index is 0.0932. The number of carboxylic acids is 1. The van der Waals surface area contributed by atoms with Gasteiger partial charge >= 0.3 is 5.97 Å². The number of halogens is 1. The quantitative estimate of drug-likeness (QED) is 0.688. The van der Waals surface area contributed by atoms with Crippen LogP contribution in [0.1, 0.15) is 15.9 Å². The van der Waals surface area contributed by atoms with Gasteiger partial charge < -0.3 is 9.67 Å². The van der Waals surface area contributed by atoms with Crippen LogP contribution in [-0.2, 0) is 6.54 Å². The van der Waals surface area contributed by atoms with Crippen LogP contribution in [0, 0.1) is 10.1 Å². The van der Waals surface area contributed by atoms with E-state index in [0.717, 1.165) is 16.8 Å². The Hall–Kier alpha value is -2.67. The Morgan fingerprint density at radius 3 is 2.67 bits per heavy atom. The summed E-state index contributed by atoms with van der Waals surface area (Å²) in [5.41, 5.74) is -0.651. The van der Waals surface area contributed by atoms with Crippen molar-refractivity contribution in [2.75, 3.05) is 0 Å². The van der Waals surface area contributed by atoms with Crippen molar-refractivity contribution >= 4 is 23.3 Å². The van der Waals surface area contributed by atoms with Gasteiger partial charge in [0.15, 0.2) is 0 Å². The Bertz CT molecular complexity index is 784. The van der Waals surface area contributed by atoms with Crippen LogP contribution in [-0.4, -0.2) is 20.6 Å². The molecule has 8 heteroatoms. The lowest BCUT2D eigenvalue weighted by atomic mass is 10.1. The van der Waals surface area contributed by atoms with Crippen molar-refractivity contribution in [2.45, 2.75) is 6.54 Å². The third-order valence-electron chi connectivity index (χ3n) is 2.85. The highest BCUT2D eigenvalue weighted by Crippen LogP contribution is 2.26. The SMILES string of the molecule is O=C(O)c1ccc(=O)n(Cc2c(Cl)cccc2[N+](=O)[O-])c1. The van der Waals surface area contributed by atoms with Gasteiger partial charge in [-0.05, 0) is 12.1 Å². The summed E-state index contributed by atoms with van der Waals surface area (Å²) in [5, 5.41) is 20.0. The number of benzene rings is 1. The first-order chi connectivity index (χ1) is 9.90. The summed E-state index contributed by atoms with van der Waals surface area (Å²) in [6.45, 7) is -0.185. The summed E-state index contributed by atoms with van der Waals surface area (Å²) in [6, 6.07) is 6.43. The molecule has 1 aromatic heterocycles. The van der Waals surface area contributed by atoms with Crippen LogP contribution >= 0.6 is 11.6 Å². The van der Waals surface area contributed by atoms with Gasteiger partial charge in [0.05, 0.1) is 27.6 Å². The summed E-state index contributed by atoms with van der Waals surface area (Å²) < 4.78 is 1.07. The monoisotopic (exact) mass is 308 g/mol. The normalized spacial score (nSPS) is 10.3. The van der Waals surface area contributed by atoms with E-state index < -0.39 is 16.5 Å². The Morgan fingerprint density at radius 2 is 2.05 bits per heavy atom. The number of hydrogen-bond donors (Lipinski definition) is 1. The lowest BCUT2D eigenvalue weighted by molar-refractivity contribution is -0.385. The molecule has 1 heterocycles. The number of carbonyl (C=O) groups is 1. The maximum atomic E-state index is 11.7. The Kier molecular flexibility index (Phi) is 4.04. The van der Waals surface area contributed by atoms with Gasteiger partial charge in [0.25, 0.3) is 11.2 Å². The van der Waals surface area contributed by atoms with Crippen LogP contribution in [0.3, 0.4) is 0 Å². The minimum Gasteiger partial charge on any atom is -0.478 e. The maximum absolute atomic E-state index is 11.7. The first kappa shape index (κ1) is 14.7. The van der Waals surface area contributed by atoms with E-state index in [9.17, 15) is 19.7 Å². The van der Waals surface area contributed by atoms with Crippen LogP contribution in [0.25, 0.3) is 0 Å². The predicted molar refractivity (Wildman–Crippen MR) is 74.9 cm³/mol. The first-order valence-corrected chi connectivity index (χ1v) is 6.13. The zero-order valence-corrected chi connectivity index (χ0v) is 11.3. The van der Waals surface area contributed by atoms with Crippen LogP contribution in [0.15, 0.2) is 41.3 Å². The third-order valence-corrected chi connectivity index (χ3v) is 3.20. The van der Waals surface area contributed by atoms with Gasteiger partial charge in [0.2, 0.25) is 0 Å². The standard InChI is InChI=1S/C13H9ClN2O5/c14-10-2-1-3-11(16(20)21)9(10)7-15-6-8(13(18)19)4-5-12(15)17/h1-6H,7H2,(H,18,19). The van der Waals surface area contributed by atoms with Gasteiger partial charge in [-0.25, -0.2) is 4.79 Å².